The number of hydrogen-bond donors (Lipinski definition) is 2. The van der Waals surface area contributed by atoms with E-state index in [9.17, 15) is 4.79 Å². The van der Waals surface area contributed by atoms with Gasteiger partial charge in [0.1, 0.15) is 5.75 Å². The van der Waals surface area contributed by atoms with Crippen LogP contribution in [-0.4, -0.2) is 12.5 Å². The summed E-state index contributed by atoms with van der Waals surface area (Å²) in [6, 6.07) is 5.37. The summed E-state index contributed by atoms with van der Waals surface area (Å²) >= 11 is 0. The molecule has 0 spiro atoms. The van der Waals surface area contributed by atoms with Crippen LogP contribution in [-0.2, 0) is 4.79 Å². The number of amides is 1. The van der Waals surface area contributed by atoms with E-state index in [0.29, 0.717) is 18.0 Å². The molecule has 1 aromatic carbocycles. The van der Waals surface area contributed by atoms with Crippen LogP contribution in [0.3, 0.4) is 0 Å². The second-order valence-electron chi connectivity index (χ2n) is 8.62. The van der Waals surface area contributed by atoms with Crippen LogP contribution >= 0.6 is 0 Å². The molecule has 0 atom stereocenters. The minimum Gasteiger partial charge on any atom is -0.493 e. The van der Waals surface area contributed by atoms with E-state index in [1.165, 1.54) is 103 Å². The Hall–Kier alpha value is -1.71. The van der Waals surface area contributed by atoms with E-state index in [4.69, 9.17) is 10.5 Å². The Morgan fingerprint density at radius 3 is 1.70 bits per heavy atom. The number of benzene rings is 1. The monoisotopic (exact) mass is 418 g/mol. The fraction of sp³-hybridized carbons (Fsp3) is 0.731. The highest BCUT2D eigenvalue weighted by atomic mass is 16.5. The van der Waals surface area contributed by atoms with Crippen molar-refractivity contribution in [1.29, 1.82) is 0 Å². The molecule has 0 heterocycles. The normalized spacial score (nSPS) is 10.9. The first kappa shape index (κ1) is 26.3. The number of rotatable bonds is 19. The van der Waals surface area contributed by atoms with Crippen LogP contribution in [0.15, 0.2) is 18.2 Å². The standard InChI is InChI=1S/C26H46N2O2/c1-3-4-5-6-7-8-9-10-11-12-13-14-15-16-17-18-19-30-26-21-24(27)20-25(22-26)28-23(2)29/h20-22H,3-19,27H2,1-2H3,(H,28,29). The topological polar surface area (TPSA) is 64.3 Å². The lowest BCUT2D eigenvalue weighted by molar-refractivity contribution is -0.114. The maximum absolute atomic E-state index is 11.2. The minimum atomic E-state index is -0.107. The Bertz CT molecular complexity index is 560. The van der Waals surface area contributed by atoms with Crippen molar-refractivity contribution < 1.29 is 9.53 Å². The number of carbonyl (C=O) groups excluding carboxylic acids is 1. The van der Waals surface area contributed by atoms with Gasteiger partial charge in [0.05, 0.1) is 6.61 Å². The third-order valence-corrected chi connectivity index (χ3v) is 5.52. The summed E-state index contributed by atoms with van der Waals surface area (Å²) in [4.78, 5) is 11.2. The molecule has 1 rings (SSSR count). The van der Waals surface area contributed by atoms with Gasteiger partial charge in [0, 0.05) is 30.4 Å². The lowest BCUT2D eigenvalue weighted by Crippen LogP contribution is -2.07. The van der Waals surface area contributed by atoms with Crippen LogP contribution in [0.1, 0.15) is 117 Å². The summed E-state index contributed by atoms with van der Waals surface area (Å²) in [6.07, 6.45) is 21.9. The molecular weight excluding hydrogens is 372 g/mol. The zero-order valence-corrected chi connectivity index (χ0v) is 19.6. The summed E-state index contributed by atoms with van der Waals surface area (Å²) in [5.41, 5.74) is 7.15. The van der Waals surface area contributed by atoms with Crippen LogP contribution < -0.4 is 15.8 Å². The van der Waals surface area contributed by atoms with Crippen LogP contribution in [0.4, 0.5) is 11.4 Å². The van der Waals surface area contributed by atoms with E-state index < -0.39 is 0 Å². The predicted molar refractivity (Wildman–Crippen MR) is 130 cm³/mol. The van der Waals surface area contributed by atoms with E-state index in [1.54, 1.807) is 12.1 Å². The molecule has 0 aliphatic heterocycles. The highest BCUT2D eigenvalue weighted by molar-refractivity contribution is 5.89. The van der Waals surface area contributed by atoms with Crippen LogP contribution in [0.25, 0.3) is 0 Å². The second kappa shape index (κ2) is 18.1. The highest BCUT2D eigenvalue weighted by Gasteiger charge is 2.02. The fourth-order valence-corrected chi connectivity index (χ4v) is 3.82. The number of nitrogen functional groups attached to an aromatic ring is 1. The van der Waals surface area contributed by atoms with Gasteiger partial charge in [-0.3, -0.25) is 4.79 Å². The molecular formula is C26H46N2O2. The Kier molecular flexibility index (Phi) is 15.9. The summed E-state index contributed by atoms with van der Waals surface area (Å²) in [5.74, 6) is 0.615. The number of anilines is 2. The highest BCUT2D eigenvalue weighted by Crippen LogP contribution is 2.23. The summed E-state index contributed by atoms with van der Waals surface area (Å²) in [6.45, 7) is 4.46. The van der Waals surface area contributed by atoms with Crippen molar-refractivity contribution in [2.45, 2.75) is 117 Å². The molecule has 0 aromatic heterocycles. The van der Waals surface area contributed by atoms with Gasteiger partial charge in [-0.2, -0.15) is 0 Å². The molecule has 1 aromatic rings. The maximum Gasteiger partial charge on any atom is 0.221 e. The number of nitrogens with two attached hydrogens (primary N) is 1. The van der Waals surface area contributed by atoms with Crippen molar-refractivity contribution in [1.82, 2.24) is 0 Å². The van der Waals surface area contributed by atoms with Gasteiger partial charge in [0.2, 0.25) is 5.91 Å². The molecule has 30 heavy (non-hydrogen) atoms. The molecule has 3 N–H and O–H groups in total. The number of hydrogen-bond acceptors (Lipinski definition) is 3. The molecule has 0 aliphatic rings. The zero-order valence-electron chi connectivity index (χ0n) is 19.6. The number of ether oxygens (including phenoxy) is 1. The van der Waals surface area contributed by atoms with E-state index >= 15 is 0 Å². The molecule has 0 saturated heterocycles. The van der Waals surface area contributed by atoms with Crippen molar-refractivity contribution in [2.75, 3.05) is 17.7 Å². The first-order valence-electron chi connectivity index (χ1n) is 12.4. The molecule has 172 valence electrons. The third-order valence-electron chi connectivity index (χ3n) is 5.52. The van der Waals surface area contributed by atoms with E-state index in [2.05, 4.69) is 12.2 Å². The van der Waals surface area contributed by atoms with Crippen LogP contribution in [0, 0.1) is 0 Å². The first-order chi connectivity index (χ1) is 14.6. The molecule has 4 nitrogen and oxygen atoms in total. The largest absolute Gasteiger partial charge is 0.493 e. The SMILES string of the molecule is CCCCCCCCCCCCCCCCCCOc1cc(N)cc(NC(C)=O)c1. The van der Waals surface area contributed by atoms with Crippen molar-refractivity contribution in [3.8, 4) is 5.75 Å². The van der Waals surface area contributed by atoms with Gasteiger partial charge < -0.3 is 15.8 Å². The van der Waals surface area contributed by atoms with E-state index in [-0.39, 0.29) is 5.91 Å². The number of carbonyl (C=O) groups is 1. The Morgan fingerprint density at radius 1 is 0.767 bits per heavy atom. The van der Waals surface area contributed by atoms with Gasteiger partial charge in [-0.1, -0.05) is 103 Å². The maximum atomic E-state index is 11.2. The summed E-state index contributed by atoms with van der Waals surface area (Å²) < 4.78 is 5.80. The molecule has 0 saturated carbocycles. The lowest BCUT2D eigenvalue weighted by atomic mass is 10.0. The Morgan fingerprint density at radius 2 is 1.23 bits per heavy atom. The Labute approximate surface area is 185 Å². The van der Waals surface area contributed by atoms with Gasteiger partial charge >= 0.3 is 0 Å². The smallest absolute Gasteiger partial charge is 0.221 e. The van der Waals surface area contributed by atoms with Crippen molar-refractivity contribution in [3.63, 3.8) is 0 Å². The zero-order chi connectivity index (χ0) is 21.9. The molecule has 0 radical (unpaired) electrons. The average molecular weight is 419 g/mol. The number of unbranched alkanes of at least 4 members (excludes halogenated alkanes) is 15. The summed E-state index contributed by atoms with van der Waals surface area (Å²) in [5, 5.41) is 2.75. The van der Waals surface area contributed by atoms with Gasteiger partial charge in [-0.05, 0) is 12.5 Å². The van der Waals surface area contributed by atoms with Crippen LogP contribution in [0.5, 0.6) is 5.75 Å². The molecule has 0 bridgehead atoms. The molecule has 0 aliphatic carbocycles. The van der Waals surface area contributed by atoms with Crippen molar-refractivity contribution in [3.05, 3.63) is 18.2 Å². The molecule has 0 unspecified atom stereocenters. The first-order valence-corrected chi connectivity index (χ1v) is 12.4. The Balaban J connectivity index is 1.89. The van der Waals surface area contributed by atoms with Crippen molar-refractivity contribution in [2.24, 2.45) is 0 Å². The lowest BCUT2D eigenvalue weighted by Gasteiger charge is -2.10. The van der Waals surface area contributed by atoms with E-state index in [1.807, 2.05) is 6.07 Å². The molecule has 4 heteroatoms. The third kappa shape index (κ3) is 15.2. The molecule has 0 fully saturated rings. The van der Waals surface area contributed by atoms with Gasteiger partial charge in [0.15, 0.2) is 0 Å². The van der Waals surface area contributed by atoms with E-state index in [0.717, 1.165) is 12.2 Å². The second-order valence-corrected chi connectivity index (χ2v) is 8.62. The van der Waals surface area contributed by atoms with Gasteiger partial charge in [0.25, 0.3) is 0 Å². The summed E-state index contributed by atoms with van der Waals surface area (Å²) in [7, 11) is 0. The van der Waals surface area contributed by atoms with Crippen molar-refractivity contribution >= 4 is 17.3 Å². The predicted octanol–water partition coefficient (Wildman–Crippen LogP) is 7.87. The number of nitrogens with one attached hydrogen (secondary N) is 1. The van der Waals surface area contributed by atoms with Gasteiger partial charge in [-0.25, -0.2) is 0 Å². The molecule has 1 amide bonds. The fourth-order valence-electron chi connectivity index (χ4n) is 3.82. The minimum absolute atomic E-state index is 0.107. The quantitative estimate of drug-likeness (QED) is 0.177. The van der Waals surface area contributed by atoms with Crippen LogP contribution in [0.2, 0.25) is 0 Å². The van der Waals surface area contributed by atoms with Gasteiger partial charge in [-0.15, -0.1) is 0 Å². The average Bonchev–Trinajstić information content (AvgIpc) is 2.69.